The van der Waals surface area contributed by atoms with Crippen molar-refractivity contribution in [1.29, 1.82) is 0 Å². The summed E-state index contributed by atoms with van der Waals surface area (Å²) in [5, 5.41) is 0. The number of hydrogen-bond acceptors (Lipinski definition) is 4. The molecule has 0 bridgehead atoms. The van der Waals surface area contributed by atoms with Gasteiger partial charge in [-0.05, 0) is 67.1 Å². The van der Waals surface area contributed by atoms with Gasteiger partial charge in [-0.15, -0.1) is 0 Å². The summed E-state index contributed by atoms with van der Waals surface area (Å²) in [6.07, 6.45) is 4.61. The molecule has 6 nitrogen and oxygen atoms in total. The molecule has 6 heteroatoms. The second-order valence-electron chi connectivity index (χ2n) is 7.84. The topological polar surface area (TPSA) is 59.1 Å². The van der Waals surface area contributed by atoms with E-state index in [0.717, 1.165) is 18.4 Å². The van der Waals surface area contributed by atoms with Gasteiger partial charge in [0, 0.05) is 37.3 Å². The zero-order valence-electron chi connectivity index (χ0n) is 16.4. The molecule has 3 aliphatic rings. The van der Waals surface area contributed by atoms with Crippen molar-refractivity contribution in [2.24, 2.45) is 0 Å². The maximum atomic E-state index is 13.0. The number of aryl methyl sites for hydroxylation is 2. The molecular weight excluding hydrogens is 368 g/mol. The molecule has 29 heavy (non-hydrogen) atoms. The van der Waals surface area contributed by atoms with Crippen molar-refractivity contribution in [3.8, 4) is 11.5 Å². The Hall–Kier alpha value is -3.02. The van der Waals surface area contributed by atoms with E-state index < -0.39 is 0 Å². The molecule has 0 spiro atoms. The van der Waals surface area contributed by atoms with Gasteiger partial charge in [-0.1, -0.05) is 6.07 Å². The van der Waals surface area contributed by atoms with Gasteiger partial charge >= 0.3 is 0 Å². The molecular formula is C23H24N2O4. The number of benzene rings is 2. The second kappa shape index (κ2) is 7.43. The molecule has 0 atom stereocenters. The van der Waals surface area contributed by atoms with Crippen LogP contribution < -0.4 is 9.47 Å². The van der Waals surface area contributed by atoms with E-state index in [1.807, 2.05) is 11.0 Å². The molecule has 2 heterocycles. The van der Waals surface area contributed by atoms with E-state index >= 15 is 0 Å². The predicted molar refractivity (Wildman–Crippen MR) is 107 cm³/mol. The summed E-state index contributed by atoms with van der Waals surface area (Å²) in [5.74, 6) is 1.30. The molecule has 0 saturated carbocycles. The zero-order valence-corrected chi connectivity index (χ0v) is 16.4. The monoisotopic (exact) mass is 392 g/mol. The molecule has 2 amide bonds. The molecule has 1 fully saturated rings. The van der Waals surface area contributed by atoms with Crippen LogP contribution in [0.2, 0.25) is 0 Å². The molecule has 0 radical (unpaired) electrons. The van der Waals surface area contributed by atoms with Gasteiger partial charge in [0.05, 0.1) is 0 Å². The minimum Gasteiger partial charge on any atom is -0.454 e. The molecule has 5 rings (SSSR count). The summed E-state index contributed by atoms with van der Waals surface area (Å²) in [7, 11) is 0. The van der Waals surface area contributed by atoms with Crippen molar-refractivity contribution in [3.63, 3.8) is 0 Å². The first-order chi connectivity index (χ1) is 14.2. The van der Waals surface area contributed by atoms with Gasteiger partial charge in [0.25, 0.3) is 11.8 Å². The van der Waals surface area contributed by atoms with Gasteiger partial charge in [-0.2, -0.15) is 0 Å². The second-order valence-corrected chi connectivity index (χ2v) is 7.84. The van der Waals surface area contributed by atoms with Crippen molar-refractivity contribution < 1.29 is 19.1 Å². The van der Waals surface area contributed by atoms with Crippen LogP contribution in [0.3, 0.4) is 0 Å². The van der Waals surface area contributed by atoms with Gasteiger partial charge in [-0.3, -0.25) is 9.59 Å². The summed E-state index contributed by atoms with van der Waals surface area (Å²) in [5.41, 5.74) is 4.05. The van der Waals surface area contributed by atoms with Crippen LogP contribution >= 0.6 is 0 Å². The first-order valence-electron chi connectivity index (χ1n) is 10.3. The maximum Gasteiger partial charge on any atom is 0.254 e. The van der Waals surface area contributed by atoms with Crippen LogP contribution in [-0.4, -0.2) is 54.6 Å². The van der Waals surface area contributed by atoms with Crippen molar-refractivity contribution in [1.82, 2.24) is 9.80 Å². The number of fused-ring (bicyclic) bond motifs is 2. The Morgan fingerprint density at radius 1 is 0.690 bits per heavy atom. The normalized spacial score (nSPS) is 17.8. The number of nitrogens with zero attached hydrogens (tertiary/aromatic N) is 2. The standard InChI is InChI=1S/C23H24N2O4/c26-22(18-6-5-16-3-1-2-4-17(16)13-18)24-9-11-25(12-10-24)23(27)19-7-8-20-21(14-19)29-15-28-20/h5-8,13-14H,1-4,9-12,15H2. The first kappa shape index (κ1) is 18.0. The number of ether oxygens (including phenoxy) is 2. The summed E-state index contributed by atoms with van der Waals surface area (Å²) in [6, 6.07) is 11.4. The fourth-order valence-corrected chi connectivity index (χ4v) is 4.37. The van der Waals surface area contributed by atoms with Crippen LogP contribution in [-0.2, 0) is 12.8 Å². The van der Waals surface area contributed by atoms with E-state index in [-0.39, 0.29) is 18.6 Å². The van der Waals surface area contributed by atoms with Crippen LogP contribution in [0, 0.1) is 0 Å². The van der Waals surface area contributed by atoms with E-state index in [0.29, 0.717) is 43.2 Å². The average Bonchev–Trinajstić information content (AvgIpc) is 3.26. The third-order valence-electron chi connectivity index (χ3n) is 6.07. The molecule has 2 aromatic rings. The minimum absolute atomic E-state index is 0.0378. The third-order valence-corrected chi connectivity index (χ3v) is 6.07. The molecule has 1 aliphatic carbocycles. The van der Waals surface area contributed by atoms with E-state index in [1.54, 1.807) is 23.1 Å². The SMILES string of the molecule is O=C(c1ccc2c(c1)CCCC2)N1CCN(C(=O)c2ccc3c(c2)OCO3)CC1. The molecule has 1 saturated heterocycles. The number of rotatable bonds is 2. The van der Waals surface area contributed by atoms with Crippen LogP contribution in [0.4, 0.5) is 0 Å². The van der Waals surface area contributed by atoms with E-state index in [4.69, 9.17) is 9.47 Å². The summed E-state index contributed by atoms with van der Waals surface area (Å²) >= 11 is 0. The first-order valence-corrected chi connectivity index (χ1v) is 10.3. The Morgan fingerprint density at radius 2 is 1.28 bits per heavy atom. The lowest BCUT2D eigenvalue weighted by atomic mass is 9.90. The third kappa shape index (κ3) is 3.43. The lowest BCUT2D eigenvalue weighted by molar-refractivity contribution is 0.0535. The fourth-order valence-electron chi connectivity index (χ4n) is 4.37. The fraction of sp³-hybridized carbons (Fsp3) is 0.391. The van der Waals surface area contributed by atoms with E-state index in [2.05, 4.69) is 12.1 Å². The predicted octanol–water partition coefficient (Wildman–Crippen LogP) is 2.89. The Labute approximate surface area is 170 Å². The number of hydrogen-bond donors (Lipinski definition) is 0. The van der Waals surface area contributed by atoms with E-state index in [1.165, 1.54) is 24.0 Å². The Kier molecular flexibility index (Phi) is 4.62. The van der Waals surface area contributed by atoms with Crippen molar-refractivity contribution >= 4 is 11.8 Å². The smallest absolute Gasteiger partial charge is 0.254 e. The van der Waals surface area contributed by atoms with Gasteiger partial charge in [-0.25, -0.2) is 0 Å². The highest BCUT2D eigenvalue weighted by Gasteiger charge is 2.27. The largest absolute Gasteiger partial charge is 0.454 e. The lowest BCUT2D eigenvalue weighted by Gasteiger charge is -2.35. The van der Waals surface area contributed by atoms with Gasteiger partial charge < -0.3 is 19.3 Å². The summed E-state index contributed by atoms with van der Waals surface area (Å²) in [4.78, 5) is 29.4. The Bertz CT molecular complexity index is 963. The highest BCUT2D eigenvalue weighted by Crippen LogP contribution is 2.33. The summed E-state index contributed by atoms with van der Waals surface area (Å²) in [6.45, 7) is 2.35. The highest BCUT2D eigenvalue weighted by atomic mass is 16.7. The molecule has 2 aliphatic heterocycles. The van der Waals surface area contributed by atoms with Gasteiger partial charge in [0.15, 0.2) is 11.5 Å². The summed E-state index contributed by atoms with van der Waals surface area (Å²) < 4.78 is 10.7. The molecule has 2 aromatic carbocycles. The van der Waals surface area contributed by atoms with E-state index in [9.17, 15) is 9.59 Å². The number of piperazine rings is 1. The molecule has 0 aromatic heterocycles. The number of carbonyl (C=O) groups excluding carboxylic acids is 2. The maximum absolute atomic E-state index is 13.0. The molecule has 150 valence electrons. The lowest BCUT2D eigenvalue weighted by Crippen LogP contribution is -2.50. The van der Waals surface area contributed by atoms with Gasteiger partial charge in [0.1, 0.15) is 0 Å². The molecule has 0 unspecified atom stereocenters. The van der Waals surface area contributed by atoms with Crippen molar-refractivity contribution in [2.75, 3.05) is 33.0 Å². The van der Waals surface area contributed by atoms with Crippen LogP contribution in [0.25, 0.3) is 0 Å². The quantitative estimate of drug-likeness (QED) is 0.789. The van der Waals surface area contributed by atoms with Crippen molar-refractivity contribution in [2.45, 2.75) is 25.7 Å². The van der Waals surface area contributed by atoms with Crippen LogP contribution in [0.15, 0.2) is 36.4 Å². The molecule has 0 N–H and O–H groups in total. The van der Waals surface area contributed by atoms with Crippen LogP contribution in [0.5, 0.6) is 11.5 Å². The van der Waals surface area contributed by atoms with Crippen LogP contribution in [0.1, 0.15) is 44.7 Å². The highest BCUT2D eigenvalue weighted by molar-refractivity contribution is 5.96. The number of amides is 2. The Balaban J connectivity index is 1.23. The zero-order chi connectivity index (χ0) is 19.8. The van der Waals surface area contributed by atoms with Crippen molar-refractivity contribution in [3.05, 3.63) is 58.7 Å². The van der Waals surface area contributed by atoms with Gasteiger partial charge in [0.2, 0.25) is 6.79 Å². The number of carbonyl (C=O) groups is 2. The Morgan fingerprint density at radius 3 is 2.00 bits per heavy atom. The minimum atomic E-state index is -0.0378. The average molecular weight is 392 g/mol.